The van der Waals surface area contributed by atoms with Gasteiger partial charge in [-0.25, -0.2) is 4.98 Å². The largest absolute Gasteiger partial charge is 0.367 e. The normalized spacial score (nSPS) is 18.2. The van der Waals surface area contributed by atoms with Gasteiger partial charge in [0, 0.05) is 62.8 Å². The maximum atomic E-state index is 13.0. The number of amides is 1. The van der Waals surface area contributed by atoms with Crippen molar-refractivity contribution in [1.82, 2.24) is 30.4 Å². The van der Waals surface area contributed by atoms with Crippen LogP contribution in [-0.4, -0.2) is 69.7 Å². The summed E-state index contributed by atoms with van der Waals surface area (Å²) in [6, 6.07) is 14.6. The molecule has 0 radical (unpaired) electrons. The SMILES string of the molecule is O=C(C[C@H]1CCCN1)N1CCN(c2c(-c3ccccc3)cnc3n[nH]c(/C=C/c4cccnc4)c23)CC1. The van der Waals surface area contributed by atoms with Gasteiger partial charge in [-0.2, -0.15) is 5.10 Å². The minimum Gasteiger partial charge on any atom is -0.367 e. The highest BCUT2D eigenvalue weighted by Gasteiger charge is 2.28. The van der Waals surface area contributed by atoms with Crippen LogP contribution in [0.4, 0.5) is 5.69 Å². The van der Waals surface area contributed by atoms with Gasteiger partial charge in [0.15, 0.2) is 5.65 Å². The fourth-order valence-electron chi connectivity index (χ4n) is 5.38. The fraction of sp³-hybridized carbons (Fsp3) is 0.310. The molecule has 0 aliphatic carbocycles. The van der Waals surface area contributed by atoms with Crippen LogP contribution in [0.3, 0.4) is 0 Å². The first-order valence-corrected chi connectivity index (χ1v) is 13.0. The standard InChI is InChI=1S/C29H31N7O/c37-26(18-23-9-5-13-31-23)35-14-16-36(17-15-35)28-24(22-7-2-1-3-8-22)20-32-29-27(28)25(33-34-29)11-10-21-6-4-12-30-19-21/h1-4,6-8,10-12,19-20,23,31H,5,9,13-18H2,(H,32,33,34)/b11-10+/t23-/m1/s1. The third kappa shape index (κ3) is 4.97. The quantitative estimate of drug-likeness (QED) is 0.422. The summed E-state index contributed by atoms with van der Waals surface area (Å²) in [5.41, 5.74) is 5.90. The van der Waals surface area contributed by atoms with E-state index in [1.807, 2.05) is 47.6 Å². The van der Waals surface area contributed by atoms with Crippen LogP contribution in [0.15, 0.2) is 61.1 Å². The van der Waals surface area contributed by atoms with Crippen molar-refractivity contribution >= 4 is 34.8 Å². The Balaban J connectivity index is 1.33. The number of aromatic amines is 1. The van der Waals surface area contributed by atoms with E-state index in [0.717, 1.165) is 65.9 Å². The molecule has 3 aromatic heterocycles. The molecule has 37 heavy (non-hydrogen) atoms. The van der Waals surface area contributed by atoms with Gasteiger partial charge < -0.3 is 15.1 Å². The first-order chi connectivity index (χ1) is 18.3. The Hall–Kier alpha value is -4.04. The van der Waals surface area contributed by atoms with E-state index < -0.39 is 0 Å². The van der Waals surface area contributed by atoms with Gasteiger partial charge in [0.2, 0.25) is 5.91 Å². The van der Waals surface area contributed by atoms with E-state index in [1.165, 1.54) is 0 Å². The molecule has 0 bridgehead atoms. The van der Waals surface area contributed by atoms with Crippen molar-refractivity contribution in [3.05, 3.63) is 72.3 Å². The minimum absolute atomic E-state index is 0.255. The summed E-state index contributed by atoms with van der Waals surface area (Å²) in [5.74, 6) is 0.255. The molecular formula is C29H31N7O. The van der Waals surface area contributed by atoms with E-state index >= 15 is 0 Å². The van der Waals surface area contributed by atoms with Crippen molar-refractivity contribution in [2.24, 2.45) is 0 Å². The molecule has 0 spiro atoms. The molecule has 5 heterocycles. The highest BCUT2D eigenvalue weighted by molar-refractivity contribution is 6.03. The van der Waals surface area contributed by atoms with Crippen LogP contribution in [0.5, 0.6) is 0 Å². The lowest BCUT2D eigenvalue weighted by atomic mass is 10.0. The second kappa shape index (κ2) is 10.5. The summed E-state index contributed by atoms with van der Waals surface area (Å²) >= 11 is 0. The molecule has 2 saturated heterocycles. The smallest absolute Gasteiger partial charge is 0.224 e. The van der Waals surface area contributed by atoms with Gasteiger partial charge in [-0.1, -0.05) is 42.5 Å². The summed E-state index contributed by atoms with van der Waals surface area (Å²) < 4.78 is 0. The van der Waals surface area contributed by atoms with Gasteiger partial charge in [0.25, 0.3) is 0 Å². The van der Waals surface area contributed by atoms with E-state index in [-0.39, 0.29) is 5.91 Å². The second-order valence-corrected chi connectivity index (χ2v) is 9.71. The van der Waals surface area contributed by atoms with E-state index in [9.17, 15) is 4.79 Å². The molecule has 2 fully saturated rings. The first-order valence-electron chi connectivity index (χ1n) is 13.0. The molecule has 0 saturated carbocycles. The highest BCUT2D eigenvalue weighted by Crippen LogP contribution is 2.38. The summed E-state index contributed by atoms with van der Waals surface area (Å²) in [6.07, 6.45) is 12.5. The molecular weight excluding hydrogens is 462 g/mol. The van der Waals surface area contributed by atoms with Gasteiger partial charge in [-0.05, 0) is 42.7 Å². The van der Waals surface area contributed by atoms with Gasteiger partial charge in [0.1, 0.15) is 0 Å². The zero-order valence-corrected chi connectivity index (χ0v) is 20.8. The van der Waals surface area contributed by atoms with Gasteiger partial charge in [0.05, 0.1) is 16.8 Å². The summed E-state index contributed by atoms with van der Waals surface area (Å²) in [6.45, 7) is 3.97. The summed E-state index contributed by atoms with van der Waals surface area (Å²) in [7, 11) is 0. The molecule has 188 valence electrons. The Kier molecular flexibility index (Phi) is 6.64. The number of carbonyl (C=O) groups is 1. The second-order valence-electron chi connectivity index (χ2n) is 9.71. The maximum absolute atomic E-state index is 13.0. The number of rotatable bonds is 6. The molecule has 6 rings (SSSR count). The molecule has 1 atom stereocenters. The van der Waals surface area contributed by atoms with E-state index in [4.69, 9.17) is 4.98 Å². The number of anilines is 1. The Morgan fingerprint density at radius 2 is 1.89 bits per heavy atom. The first kappa shape index (κ1) is 23.4. The molecule has 2 aliphatic heterocycles. The van der Waals surface area contributed by atoms with E-state index in [2.05, 4.69) is 49.7 Å². The van der Waals surface area contributed by atoms with Crippen LogP contribution < -0.4 is 10.2 Å². The number of benzene rings is 1. The third-order valence-electron chi connectivity index (χ3n) is 7.33. The fourth-order valence-corrected chi connectivity index (χ4v) is 5.38. The molecule has 0 unspecified atom stereocenters. The Morgan fingerprint density at radius 3 is 2.65 bits per heavy atom. The predicted octanol–water partition coefficient (Wildman–Crippen LogP) is 3.98. The van der Waals surface area contributed by atoms with Gasteiger partial charge in [-0.15, -0.1) is 0 Å². The zero-order valence-electron chi connectivity index (χ0n) is 20.8. The number of fused-ring (bicyclic) bond motifs is 1. The van der Waals surface area contributed by atoms with E-state index in [1.54, 1.807) is 6.20 Å². The average molecular weight is 494 g/mol. The average Bonchev–Trinajstić information content (AvgIpc) is 3.62. The van der Waals surface area contributed by atoms with Crippen LogP contribution in [0.25, 0.3) is 34.3 Å². The number of nitrogens with one attached hydrogen (secondary N) is 2. The molecule has 8 heteroatoms. The van der Waals surface area contributed by atoms with Crippen LogP contribution in [0.1, 0.15) is 30.5 Å². The van der Waals surface area contributed by atoms with Crippen molar-refractivity contribution < 1.29 is 4.79 Å². The van der Waals surface area contributed by atoms with E-state index in [0.29, 0.717) is 31.2 Å². The predicted molar refractivity (Wildman–Crippen MR) is 147 cm³/mol. The van der Waals surface area contributed by atoms with Crippen molar-refractivity contribution in [3.63, 3.8) is 0 Å². The lowest BCUT2D eigenvalue weighted by molar-refractivity contribution is -0.131. The monoisotopic (exact) mass is 493 g/mol. The molecule has 2 aliphatic rings. The van der Waals surface area contributed by atoms with Crippen LogP contribution in [0, 0.1) is 0 Å². The molecule has 2 N–H and O–H groups in total. The third-order valence-corrected chi connectivity index (χ3v) is 7.33. The molecule has 8 nitrogen and oxygen atoms in total. The lowest BCUT2D eigenvalue weighted by Gasteiger charge is -2.37. The molecule has 4 aromatic rings. The number of piperazine rings is 1. The molecule has 1 aromatic carbocycles. The van der Waals surface area contributed by atoms with Crippen LogP contribution >= 0.6 is 0 Å². The maximum Gasteiger partial charge on any atom is 0.224 e. The minimum atomic E-state index is 0.255. The number of pyridine rings is 2. The lowest BCUT2D eigenvalue weighted by Crippen LogP contribution is -2.50. The van der Waals surface area contributed by atoms with Crippen LogP contribution in [0.2, 0.25) is 0 Å². The van der Waals surface area contributed by atoms with Gasteiger partial charge in [-0.3, -0.25) is 14.9 Å². The number of hydrogen-bond acceptors (Lipinski definition) is 6. The number of H-pyrrole nitrogens is 1. The van der Waals surface area contributed by atoms with Crippen molar-refractivity contribution in [3.8, 4) is 11.1 Å². The Bertz CT molecular complexity index is 1390. The Morgan fingerprint density at radius 1 is 1.03 bits per heavy atom. The zero-order chi connectivity index (χ0) is 25.0. The summed E-state index contributed by atoms with van der Waals surface area (Å²) in [5, 5.41) is 12.2. The highest BCUT2D eigenvalue weighted by atomic mass is 16.2. The van der Waals surface area contributed by atoms with Gasteiger partial charge >= 0.3 is 0 Å². The Labute approximate surface area is 216 Å². The molecule has 1 amide bonds. The number of aromatic nitrogens is 4. The van der Waals surface area contributed by atoms with Crippen LogP contribution in [-0.2, 0) is 4.79 Å². The van der Waals surface area contributed by atoms with Crippen molar-refractivity contribution in [2.75, 3.05) is 37.6 Å². The number of hydrogen-bond donors (Lipinski definition) is 2. The number of carbonyl (C=O) groups excluding carboxylic acids is 1. The summed E-state index contributed by atoms with van der Waals surface area (Å²) in [4.78, 5) is 26.3. The van der Waals surface area contributed by atoms with Crippen molar-refractivity contribution in [2.45, 2.75) is 25.3 Å². The van der Waals surface area contributed by atoms with Crippen molar-refractivity contribution in [1.29, 1.82) is 0 Å². The number of nitrogens with zero attached hydrogens (tertiary/aromatic N) is 5. The topological polar surface area (TPSA) is 90.0 Å².